The summed E-state index contributed by atoms with van der Waals surface area (Å²) in [6, 6.07) is 3.78. The molecule has 5 heteroatoms. The molecule has 1 aromatic carbocycles. The maximum Gasteiger partial charge on any atom is 0.133 e. The topological polar surface area (TPSA) is 39.7 Å². The minimum Gasteiger partial charge on any atom is -0.496 e. The van der Waals surface area contributed by atoms with Gasteiger partial charge in [0.05, 0.1) is 31.4 Å². The maximum atomic E-state index is 5.76. The number of benzene rings is 1. The van der Waals surface area contributed by atoms with Crippen molar-refractivity contribution < 1.29 is 14.2 Å². The van der Waals surface area contributed by atoms with Crippen LogP contribution in [0.2, 0.25) is 0 Å². The number of nitrogens with one attached hydrogen (secondary N) is 1. The van der Waals surface area contributed by atoms with Crippen LogP contribution in [0, 0.1) is 0 Å². The molecule has 0 saturated carbocycles. The minimum absolute atomic E-state index is 0.0109. The van der Waals surface area contributed by atoms with Gasteiger partial charge in [-0.25, -0.2) is 0 Å². The number of hydrogen-bond acceptors (Lipinski definition) is 4. The summed E-state index contributed by atoms with van der Waals surface area (Å²) >= 11 is 3.56. The first-order valence-electron chi connectivity index (χ1n) is 5.50. The van der Waals surface area contributed by atoms with Crippen LogP contribution in [-0.4, -0.2) is 33.9 Å². The van der Waals surface area contributed by atoms with Crippen molar-refractivity contribution >= 4 is 15.9 Å². The molecule has 0 spiro atoms. The highest BCUT2D eigenvalue weighted by Crippen LogP contribution is 2.40. The monoisotopic (exact) mass is 301 g/mol. The SMILES string of the molecule is COc1ccc(OC)c(C2CNCCO2)c1Br. The van der Waals surface area contributed by atoms with Gasteiger partial charge < -0.3 is 19.5 Å². The molecule has 1 atom stereocenters. The van der Waals surface area contributed by atoms with Gasteiger partial charge in [0.1, 0.15) is 11.5 Å². The first-order chi connectivity index (χ1) is 8.27. The Hall–Kier alpha value is -0.780. The lowest BCUT2D eigenvalue weighted by Crippen LogP contribution is -2.33. The zero-order valence-corrected chi connectivity index (χ0v) is 11.5. The summed E-state index contributed by atoms with van der Waals surface area (Å²) in [7, 11) is 3.31. The molecular formula is C12H16BrNO3. The van der Waals surface area contributed by atoms with Gasteiger partial charge in [0.15, 0.2) is 0 Å². The van der Waals surface area contributed by atoms with Gasteiger partial charge in [-0.1, -0.05) is 0 Å². The second-order valence-electron chi connectivity index (χ2n) is 3.76. The van der Waals surface area contributed by atoms with Crippen LogP contribution in [0.1, 0.15) is 11.7 Å². The molecule has 0 aliphatic carbocycles. The van der Waals surface area contributed by atoms with Crippen LogP contribution in [0.4, 0.5) is 0 Å². The van der Waals surface area contributed by atoms with Crippen molar-refractivity contribution in [2.75, 3.05) is 33.9 Å². The molecule has 0 aromatic heterocycles. The van der Waals surface area contributed by atoms with Gasteiger partial charge in [-0.3, -0.25) is 0 Å². The largest absolute Gasteiger partial charge is 0.496 e. The van der Waals surface area contributed by atoms with E-state index < -0.39 is 0 Å². The fraction of sp³-hybridized carbons (Fsp3) is 0.500. The van der Waals surface area contributed by atoms with E-state index in [9.17, 15) is 0 Å². The van der Waals surface area contributed by atoms with Crippen LogP contribution in [-0.2, 0) is 4.74 Å². The molecule has 0 amide bonds. The molecule has 1 aliphatic heterocycles. The Morgan fingerprint density at radius 2 is 2.00 bits per heavy atom. The van der Waals surface area contributed by atoms with Crippen LogP contribution in [0.5, 0.6) is 11.5 Å². The highest BCUT2D eigenvalue weighted by atomic mass is 79.9. The molecule has 2 rings (SSSR count). The van der Waals surface area contributed by atoms with Crippen LogP contribution in [0.15, 0.2) is 16.6 Å². The Kier molecular flexibility index (Phi) is 4.25. The predicted molar refractivity (Wildman–Crippen MR) is 68.8 cm³/mol. The zero-order chi connectivity index (χ0) is 12.3. The first-order valence-corrected chi connectivity index (χ1v) is 6.30. The average molecular weight is 302 g/mol. The minimum atomic E-state index is -0.0109. The molecule has 1 aromatic rings. The number of halogens is 1. The molecular weight excluding hydrogens is 286 g/mol. The summed E-state index contributed by atoms with van der Waals surface area (Å²) in [6.45, 7) is 2.38. The summed E-state index contributed by atoms with van der Waals surface area (Å²) in [6.07, 6.45) is -0.0109. The molecule has 0 radical (unpaired) electrons. The van der Waals surface area contributed by atoms with E-state index in [1.807, 2.05) is 12.1 Å². The van der Waals surface area contributed by atoms with Crippen molar-refractivity contribution in [3.63, 3.8) is 0 Å². The van der Waals surface area contributed by atoms with Gasteiger partial charge >= 0.3 is 0 Å². The molecule has 1 aliphatic rings. The lowest BCUT2D eigenvalue weighted by molar-refractivity contribution is 0.0256. The maximum absolute atomic E-state index is 5.76. The Bertz CT molecular complexity index is 392. The van der Waals surface area contributed by atoms with Gasteiger partial charge in [0.2, 0.25) is 0 Å². The smallest absolute Gasteiger partial charge is 0.133 e. The van der Waals surface area contributed by atoms with Crippen molar-refractivity contribution in [3.8, 4) is 11.5 Å². The van der Waals surface area contributed by atoms with Gasteiger partial charge in [0.25, 0.3) is 0 Å². The first kappa shape index (κ1) is 12.7. The van der Waals surface area contributed by atoms with Crippen molar-refractivity contribution in [2.24, 2.45) is 0 Å². The fourth-order valence-corrected chi connectivity index (χ4v) is 2.69. The van der Waals surface area contributed by atoms with E-state index in [4.69, 9.17) is 14.2 Å². The summed E-state index contributed by atoms with van der Waals surface area (Å²) in [5.41, 5.74) is 0.999. The van der Waals surface area contributed by atoms with Crippen molar-refractivity contribution in [3.05, 3.63) is 22.2 Å². The second kappa shape index (κ2) is 5.71. The van der Waals surface area contributed by atoms with Gasteiger partial charge in [0, 0.05) is 18.7 Å². The van der Waals surface area contributed by atoms with E-state index in [0.717, 1.165) is 34.6 Å². The second-order valence-corrected chi connectivity index (χ2v) is 4.55. The summed E-state index contributed by atoms with van der Waals surface area (Å²) in [5, 5.41) is 3.31. The highest BCUT2D eigenvalue weighted by molar-refractivity contribution is 9.10. The Morgan fingerprint density at radius 1 is 1.29 bits per heavy atom. The number of rotatable bonds is 3. The lowest BCUT2D eigenvalue weighted by atomic mass is 10.1. The third-order valence-electron chi connectivity index (χ3n) is 2.79. The lowest BCUT2D eigenvalue weighted by Gasteiger charge is -2.26. The van der Waals surface area contributed by atoms with E-state index in [1.165, 1.54) is 0 Å². The van der Waals surface area contributed by atoms with E-state index in [0.29, 0.717) is 6.61 Å². The summed E-state index contributed by atoms with van der Waals surface area (Å²) in [4.78, 5) is 0. The van der Waals surface area contributed by atoms with E-state index in [2.05, 4.69) is 21.2 Å². The van der Waals surface area contributed by atoms with Crippen LogP contribution in [0.3, 0.4) is 0 Å². The van der Waals surface area contributed by atoms with E-state index in [-0.39, 0.29) is 6.10 Å². The van der Waals surface area contributed by atoms with Crippen molar-refractivity contribution in [2.45, 2.75) is 6.10 Å². The van der Waals surface area contributed by atoms with Gasteiger partial charge in [-0.15, -0.1) is 0 Å². The van der Waals surface area contributed by atoms with Crippen LogP contribution in [0.25, 0.3) is 0 Å². The Balaban J connectivity index is 2.40. The normalized spacial score (nSPS) is 20.1. The molecule has 1 heterocycles. The summed E-state index contributed by atoms with van der Waals surface area (Å²) < 4.78 is 17.3. The number of ether oxygens (including phenoxy) is 3. The molecule has 1 fully saturated rings. The molecule has 1 unspecified atom stereocenters. The molecule has 0 bridgehead atoms. The quantitative estimate of drug-likeness (QED) is 0.928. The molecule has 94 valence electrons. The Labute approximate surface area is 109 Å². The average Bonchev–Trinajstić information content (AvgIpc) is 2.39. The van der Waals surface area contributed by atoms with Crippen LogP contribution < -0.4 is 14.8 Å². The predicted octanol–water partition coefficient (Wildman–Crippen LogP) is 2.13. The highest BCUT2D eigenvalue weighted by Gasteiger charge is 2.24. The standard InChI is InChI=1S/C12H16BrNO3/c1-15-8-3-4-9(16-2)12(13)11(8)10-7-14-5-6-17-10/h3-4,10,14H,5-7H2,1-2H3. The number of hydrogen-bond donors (Lipinski definition) is 1. The number of methoxy groups -OCH3 is 2. The molecule has 17 heavy (non-hydrogen) atoms. The number of morpholine rings is 1. The third kappa shape index (κ3) is 2.56. The van der Waals surface area contributed by atoms with E-state index in [1.54, 1.807) is 14.2 Å². The summed E-state index contributed by atoms with van der Waals surface area (Å²) in [5.74, 6) is 1.60. The van der Waals surface area contributed by atoms with Crippen LogP contribution >= 0.6 is 15.9 Å². The Morgan fingerprint density at radius 3 is 2.59 bits per heavy atom. The third-order valence-corrected chi connectivity index (χ3v) is 3.61. The van der Waals surface area contributed by atoms with Gasteiger partial charge in [-0.05, 0) is 28.1 Å². The van der Waals surface area contributed by atoms with Crippen molar-refractivity contribution in [1.29, 1.82) is 0 Å². The molecule has 4 nitrogen and oxygen atoms in total. The van der Waals surface area contributed by atoms with Crippen molar-refractivity contribution in [1.82, 2.24) is 5.32 Å². The molecule has 1 N–H and O–H groups in total. The van der Waals surface area contributed by atoms with E-state index >= 15 is 0 Å². The zero-order valence-electron chi connectivity index (χ0n) is 9.96. The van der Waals surface area contributed by atoms with Gasteiger partial charge in [-0.2, -0.15) is 0 Å². The fourth-order valence-electron chi connectivity index (χ4n) is 1.94. The molecule has 1 saturated heterocycles.